The van der Waals surface area contributed by atoms with Crippen molar-refractivity contribution >= 4 is 32.7 Å². The summed E-state index contributed by atoms with van der Waals surface area (Å²) in [4.78, 5) is 0. The minimum absolute atomic E-state index is 0.0126. The molecule has 4 nitrogen and oxygen atoms in total. The van der Waals surface area contributed by atoms with E-state index in [4.69, 9.17) is 5.73 Å². The van der Waals surface area contributed by atoms with E-state index in [9.17, 15) is 8.78 Å². The summed E-state index contributed by atoms with van der Waals surface area (Å²) < 4.78 is 29.1. The fraction of sp³-hybridized carbons (Fsp3) is 0.125. The largest absolute Gasteiger partial charge is 0.432 e. The number of rotatable bonds is 2. The first-order chi connectivity index (χ1) is 7.08. The molecule has 80 valence electrons. The number of nitrogen functional groups attached to an aromatic ring is 1. The summed E-state index contributed by atoms with van der Waals surface area (Å²) in [5, 5.41) is 6.79. The summed E-state index contributed by atoms with van der Waals surface area (Å²) >= 11 is 3.17. The van der Waals surface area contributed by atoms with E-state index < -0.39 is 6.61 Å². The van der Waals surface area contributed by atoms with Crippen LogP contribution in [-0.2, 0) is 0 Å². The molecule has 0 fully saturated rings. The molecule has 15 heavy (non-hydrogen) atoms. The third-order valence-corrected chi connectivity index (χ3v) is 2.30. The van der Waals surface area contributed by atoms with Gasteiger partial charge in [0.25, 0.3) is 0 Å². The van der Waals surface area contributed by atoms with Crippen LogP contribution in [0.2, 0.25) is 0 Å². The average molecular weight is 278 g/mol. The van der Waals surface area contributed by atoms with Crippen LogP contribution in [0.4, 0.5) is 14.6 Å². The molecule has 1 aromatic carbocycles. The van der Waals surface area contributed by atoms with Crippen molar-refractivity contribution in [2.24, 2.45) is 0 Å². The number of nitrogens with two attached hydrogens (primary N) is 1. The van der Waals surface area contributed by atoms with Gasteiger partial charge in [-0.05, 0) is 12.1 Å². The predicted octanol–water partition coefficient (Wildman–Crippen LogP) is 2.51. The second-order valence-electron chi connectivity index (χ2n) is 2.81. The zero-order chi connectivity index (χ0) is 11.0. The Morgan fingerprint density at radius 1 is 1.47 bits per heavy atom. The number of aromatic amines is 1. The number of aromatic nitrogens is 2. The number of benzene rings is 1. The summed E-state index contributed by atoms with van der Waals surface area (Å²) in [7, 11) is 0. The molecule has 2 aromatic rings. The van der Waals surface area contributed by atoms with Gasteiger partial charge in [-0.3, -0.25) is 5.10 Å². The number of anilines is 1. The maximum atomic E-state index is 12.1. The summed E-state index contributed by atoms with van der Waals surface area (Å²) in [6.07, 6.45) is 0. The number of H-pyrrole nitrogens is 1. The van der Waals surface area contributed by atoms with Crippen LogP contribution in [0.15, 0.2) is 16.6 Å². The first kappa shape index (κ1) is 10.2. The van der Waals surface area contributed by atoms with E-state index in [-0.39, 0.29) is 11.6 Å². The lowest BCUT2D eigenvalue weighted by atomic mass is 10.2. The molecule has 0 saturated heterocycles. The number of ether oxygens (including phenoxy) is 1. The average Bonchev–Trinajstić information content (AvgIpc) is 2.47. The van der Waals surface area contributed by atoms with E-state index in [0.29, 0.717) is 15.4 Å². The quantitative estimate of drug-likeness (QED) is 0.887. The van der Waals surface area contributed by atoms with Crippen LogP contribution >= 0.6 is 15.9 Å². The summed E-state index contributed by atoms with van der Waals surface area (Å²) in [6.45, 7) is -2.88. The first-order valence-electron chi connectivity index (χ1n) is 3.96. The van der Waals surface area contributed by atoms with Gasteiger partial charge in [-0.1, -0.05) is 15.9 Å². The molecule has 0 atom stereocenters. The molecule has 0 radical (unpaired) electrons. The summed E-state index contributed by atoms with van der Waals surface area (Å²) in [5.74, 6) is 0.254. The summed E-state index contributed by atoms with van der Waals surface area (Å²) in [5.41, 5.74) is 5.90. The second kappa shape index (κ2) is 3.65. The van der Waals surface area contributed by atoms with E-state index in [1.807, 2.05) is 0 Å². The molecule has 1 aromatic heterocycles. The molecular weight excluding hydrogens is 272 g/mol. The normalized spacial score (nSPS) is 11.2. The van der Waals surface area contributed by atoms with E-state index >= 15 is 0 Å². The van der Waals surface area contributed by atoms with Crippen LogP contribution in [0, 0.1) is 0 Å². The highest BCUT2D eigenvalue weighted by Gasteiger charge is 2.13. The molecule has 0 aliphatic carbocycles. The molecule has 2 rings (SSSR count). The zero-order valence-corrected chi connectivity index (χ0v) is 8.88. The number of hydrogen-bond acceptors (Lipinski definition) is 3. The fourth-order valence-corrected chi connectivity index (χ4v) is 1.70. The van der Waals surface area contributed by atoms with Gasteiger partial charge < -0.3 is 10.5 Å². The van der Waals surface area contributed by atoms with E-state index in [2.05, 4.69) is 30.9 Å². The van der Waals surface area contributed by atoms with Crippen molar-refractivity contribution in [3.63, 3.8) is 0 Å². The van der Waals surface area contributed by atoms with Crippen molar-refractivity contribution in [1.29, 1.82) is 0 Å². The molecule has 0 amide bonds. The van der Waals surface area contributed by atoms with Gasteiger partial charge in [0.15, 0.2) is 11.6 Å². The Hall–Kier alpha value is -1.37. The van der Waals surface area contributed by atoms with Crippen molar-refractivity contribution in [1.82, 2.24) is 10.2 Å². The van der Waals surface area contributed by atoms with Gasteiger partial charge in [0.1, 0.15) is 5.52 Å². The number of nitrogens with one attached hydrogen (secondary N) is 1. The molecule has 0 saturated carbocycles. The maximum Gasteiger partial charge on any atom is 0.387 e. The minimum Gasteiger partial charge on any atom is -0.432 e. The highest BCUT2D eigenvalue weighted by atomic mass is 79.9. The van der Waals surface area contributed by atoms with Crippen LogP contribution in [-0.4, -0.2) is 16.8 Å². The van der Waals surface area contributed by atoms with Gasteiger partial charge in [-0.25, -0.2) is 0 Å². The Morgan fingerprint density at radius 2 is 2.20 bits per heavy atom. The molecule has 0 aliphatic heterocycles. The van der Waals surface area contributed by atoms with Crippen LogP contribution in [0.3, 0.4) is 0 Å². The van der Waals surface area contributed by atoms with Crippen molar-refractivity contribution in [2.75, 3.05) is 5.73 Å². The lowest BCUT2D eigenvalue weighted by Crippen LogP contribution is -2.02. The topological polar surface area (TPSA) is 63.9 Å². The molecule has 0 bridgehead atoms. The van der Waals surface area contributed by atoms with Gasteiger partial charge in [-0.15, -0.1) is 0 Å². The van der Waals surface area contributed by atoms with Crippen LogP contribution in [0.5, 0.6) is 5.75 Å². The Labute approximate surface area is 91.5 Å². The lowest BCUT2D eigenvalue weighted by Gasteiger charge is -2.05. The molecule has 0 aliphatic rings. The molecule has 7 heteroatoms. The first-order valence-corrected chi connectivity index (χ1v) is 4.75. The van der Waals surface area contributed by atoms with E-state index in [0.717, 1.165) is 0 Å². The van der Waals surface area contributed by atoms with Gasteiger partial charge in [0, 0.05) is 9.86 Å². The van der Waals surface area contributed by atoms with Crippen LogP contribution < -0.4 is 10.5 Å². The smallest absolute Gasteiger partial charge is 0.387 e. The van der Waals surface area contributed by atoms with E-state index in [1.165, 1.54) is 6.07 Å². The van der Waals surface area contributed by atoms with Gasteiger partial charge in [0.05, 0.1) is 0 Å². The standard InChI is InChI=1S/C8H6BrF2N3O/c9-3-1-4-6(13-14-7(4)12)5(2-3)15-8(10)11/h1-2,8H,(H3,12,13,14). The van der Waals surface area contributed by atoms with E-state index in [1.54, 1.807) is 6.07 Å². The number of fused-ring (bicyclic) bond motifs is 1. The highest BCUT2D eigenvalue weighted by Crippen LogP contribution is 2.32. The van der Waals surface area contributed by atoms with Gasteiger partial charge >= 0.3 is 6.61 Å². The van der Waals surface area contributed by atoms with Crippen molar-refractivity contribution in [3.05, 3.63) is 16.6 Å². The minimum atomic E-state index is -2.88. The third kappa shape index (κ3) is 1.87. The molecule has 3 N–H and O–H groups in total. The monoisotopic (exact) mass is 277 g/mol. The van der Waals surface area contributed by atoms with Crippen molar-refractivity contribution < 1.29 is 13.5 Å². The Morgan fingerprint density at radius 3 is 2.87 bits per heavy atom. The molecule has 0 spiro atoms. The molecule has 1 heterocycles. The Kier molecular flexibility index (Phi) is 2.47. The highest BCUT2D eigenvalue weighted by molar-refractivity contribution is 9.10. The second-order valence-corrected chi connectivity index (χ2v) is 3.73. The van der Waals surface area contributed by atoms with Gasteiger partial charge in [-0.2, -0.15) is 13.9 Å². The van der Waals surface area contributed by atoms with Gasteiger partial charge in [0.2, 0.25) is 0 Å². The molecule has 0 unspecified atom stereocenters. The predicted molar refractivity (Wildman–Crippen MR) is 54.8 cm³/mol. The Bertz CT molecular complexity index is 500. The SMILES string of the molecule is Nc1n[nH]c2c(OC(F)F)cc(Br)cc12. The lowest BCUT2D eigenvalue weighted by molar-refractivity contribution is -0.0489. The van der Waals surface area contributed by atoms with Crippen molar-refractivity contribution in [3.8, 4) is 5.75 Å². The number of halogens is 3. The zero-order valence-electron chi connectivity index (χ0n) is 7.30. The maximum absolute atomic E-state index is 12.1. The summed E-state index contributed by atoms with van der Waals surface area (Å²) in [6, 6.07) is 3.10. The fourth-order valence-electron chi connectivity index (χ4n) is 1.26. The Balaban J connectivity index is 2.61. The van der Waals surface area contributed by atoms with Crippen LogP contribution in [0.1, 0.15) is 0 Å². The third-order valence-electron chi connectivity index (χ3n) is 1.85. The van der Waals surface area contributed by atoms with Crippen molar-refractivity contribution in [2.45, 2.75) is 6.61 Å². The molecular formula is C8H6BrF2N3O. The number of hydrogen-bond donors (Lipinski definition) is 2. The number of alkyl halides is 2. The van der Waals surface area contributed by atoms with Crippen LogP contribution in [0.25, 0.3) is 10.9 Å². The number of nitrogens with zero attached hydrogens (tertiary/aromatic N) is 1.